The first-order valence-corrected chi connectivity index (χ1v) is 7.03. The lowest BCUT2D eigenvalue weighted by atomic mass is 10.1. The van der Waals surface area contributed by atoms with Crippen LogP contribution in [0.5, 0.6) is 0 Å². The number of hydrogen-bond donors (Lipinski definition) is 1. The number of aliphatic hydroxyl groups excluding tert-OH is 1. The normalized spacial score (nSPS) is 12.3. The van der Waals surface area contributed by atoms with Gasteiger partial charge >= 0.3 is 0 Å². The van der Waals surface area contributed by atoms with E-state index in [1.165, 1.54) is 11.1 Å². The SMILES string of the molecule is Cc1ccc(Cn2ccnc2[C@H](O)c2ccccc2)cc1. The third kappa shape index (κ3) is 3.03. The average Bonchev–Trinajstić information content (AvgIpc) is 2.98. The zero-order valence-electron chi connectivity index (χ0n) is 12.0. The molecule has 1 heterocycles. The molecule has 0 aliphatic rings. The molecule has 3 nitrogen and oxygen atoms in total. The molecule has 1 aromatic heterocycles. The van der Waals surface area contributed by atoms with Crippen molar-refractivity contribution < 1.29 is 5.11 Å². The van der Waals surface area contributed by atoms with Crippen molar-refractivity contribution in [2.45, 2.75) is 19.6 Å². The Hall–Kier alpha value is -2.39. The monoisotopic (exact) mass is 278 g/mol. The van der Waals surface area contributed by atoms with Crippen LogP contribution in [-0.2, 0) is 6.54 Å². The highest BCUT2D eigenvalue weighted by molar-refractivity contribution is 5.25. The Kier molecular flexibility index (Phi) is 3.84. The molecule has 0 bridgehead atoms. The number of imidazole rings is 1. The Morgan fingerprint density at radius 2 is 1.76 bits per heavy atom. The van der Waals surface area contributed by atoms with Crippen molar-refractivity contribution >= 4 is 0 Å². The zero-order valence-corrected chi connectivity index (χ0v) is 12.0. The van der Waals surface area contributed by atoms with Gasteiger partial charge in [-0.1, -0.05) is 60.2 Å². The van der Waals surface area contributed by atoms with Crippen molar-refractivity contribution in [1.29, 1.82) is 0 Å². The molecule has 0 fully saturated rings. The zero-order chi connectivity index (χ0) is 14.7. The number of hydrogen-bond acceptors (Lipinski definition) is 2. The van der Waals surface area contributed by atoms with Crippen molar-refractivity contribution in [3.8, 4) is 0 Å². The summed E-state index contributed by atoms with van der Waals surface area (Å²) in [5, 5.41) is 10.5. The Morgan fingerprint density at radius 3 is 2.48 bits per heavy atom. The topological polar surface area (TPSA) is 38.0 Å². The Labute approximate surface area is 124 Å². The fraction of sp³-hybridized carbons (Fsp3) is 0.167. The van der Waals surface area contributed by atoms with Crippen molar-refractivity contribution in [2.75, 3.05) is 0 Å². The van der Waals surface area contributed by atoms with Gasteiger partial charge in [0.05, 0.1) is 0 Å². The molecule has 2 aromatic carbocycles. The number of aliphatic hydroxyl groups is 1. The van der Waals surface area contributed by atoms with Gasteiger partial charge in [0.25, 0.3) is 0 Å². The maximum Gasteiger partial charge on any atom is 0.142 e. The van der Waals surface area contributed by atoms with Gasteiger partial charge in [0.2, 0.25) is 0 Å². The first-order valence-electron chi connectivity index (χ1n) is 7.03. The van der Waals surface area contributed by atoms with E-state index < -0.39 is 6.10 Å². The molecule has 0 aliphatic carbocycles. The van der Waals surface area contributed by atoms with Crippen LogP contribution in [0.1, 0.15) is 28.6 Å². The summed E-state index contributed by atoms with van der Waals surface area (Å²) in [6.07, 6.45) is 2.93. The van der Waals surface area contributed by atoms with Crippen LogP contribution in [0.3, 0.4) is 0 Å². The quantitative estimate of drug-likeness (QED) is 0.795. The molecule has 0 saturated heterocycles. The molecule has 1 atom stereocenters. The molecule has 3 heteroatoms. The molecule has 3 aromatic rings. The van der Waals surface area contributed by atoms with Crippen LogP contribution in [-0.4, -0.2) is 14.7 Å². The maximum absolute atomic E-state index is 10.5. The number of aromatic nitrogens is 2. The van der Waals surface area contributed by atoms with E-state index >= 15 is 0 Å². The summed E-state index contributed by atoms with van der Waals surface area (Å²) in [6, 6.07) is 18.0. The lowest BCUT2D eigenvalue weighted by Gasteiger charge is -2.14. The van der Waals surface area contributed by atoms with Gasteiger partial charge in [-0.2, -0.15) is 0 Å². The molecule has 0 amide bonds. The summed E-state index contributed by atoms with van der Waals surface area (Å²) in [5.41, 5.74) is 3.29. The summed E-state index contributed by atoms with van der Waals surface area (Å²) in [6.45, 7) is 2.78. The van der Waals surface area contributed by atoms with Crippen molar-refractivity contribution in [3.05, 3.63) is 89.5 Å². The Balaban J connectivity index is 1.85. The van der Waals surface area contributed by atoms with E-state index in [-0.39, 0.29) is 0 Å². The van der Waals surface area contributed by atoms with E-state index in [0.29, 0.717) is 12.4 Å². The third-order valence-corrected chi connectivity index (χ3v) is 3.58. The first-order chi connectivity index (χ1) is 10.2. The molecular weight excluding hydrogens is 260 g/mol. The van der Waals surface area contributed by atoms with Crippen LogP contribution in [0.4, 0.5) is 0 Å². The van der Waals surface area contributed by atoms with Crippen LogP contribution in [0.25, 0.3) is 0 Å². The minimum atomic E-state index is -0.702. The van der Waals surface area contributed by atoms with Gasteiger partial charge in [0, 0.05) is 18.9 Å². The minimum Gasteiger partial charge on any atom is -0.380 e. The van der Waals surface area contributed by atoms with Gasteiger partial charge in [-0.15, -0.1) is 0 Å². The van der Waals surface area contributed by atoms with Crippen LogP contribution < -0.4 is 0 Å². The van der Waals surface area contributed by atoms with E-state index in [1.807, 2.05) is 41.1 Å². The van der Waals surface area contributed by atoms with Crippen molar-refractivity contribution in [1.82, 2.24) is 9.55 Å². The second-order valence-electron chi connectivity index (χ2n) is 5.21. The highest BCUT2D eigenvalue weighted by atomic mass is 16.3. The standard InChI is InChI=1S/C18H18N2O/c1-14-7-9-15(10-8-14)13-20-12-11-19-18(20)17(21)16-5-3-2-4-6-16/h2-12,17,21H,13H2,1H3/t17-/m1/s1. The van der Waals surface area contributed by atoms with Gasteiger partial charge < -0.3 is 9.67 Å². The molecule has 3 rings (SSSR count). The number of nitrogens with zero attached hydrogens (tertiary/aromatic N) is 2. The van der Waals surface area contributed by atoms with Crippen LogP contribution in [0.2, 0.25) is 0 Å². The second-order valence-corrected chi connectivity index (χ2v) is 5.21. The van der Waals surface area contributed by atoms with E-state index in [9.17, 15) is 5.11 Å². The van der Waals surface area contributed by atoms with Crippen LogP contribution >= 0.6 is 0 Å². The summed E-state index contributed by atoms with van der Waals surface area (Å²) in [5.74, 6) is 0.668. The molecule has 0 spiro atoms. The maximum atomic E-state index is 10.5. The average molecular weight is 278 g/mol. The fourth-order valence-electron chi connectivity index (χ4n) is 2.38. The smallest absolute Gasteiger partial charge is 0.142 e. The minimum absolute atomic E-state index is 0.668. The molecule has 0 aliphatic heterocycles. The van der Waals surface area contributed by atoms with E-state index in [1.54, 1.807) is 6.20 Å². The van der Waals surface area contributed by atoms with Gasteiger partial charge in [-0.25, -0.2) is 4.98 Å². The lowest BCUT2D eigenvalue weighted by molar-refractivity contribution is 0.205. The van der Waals surface area contributed by atoms with Crippen LogP contribution in [0.15, 0.2) is 67.0 Å². The summed E-state index contributed by atoms with van der Waals surface area (Å²) < 4.78 is 1.99. The van der Waals surface area contributed by atoms with Crippen molar-refractivity contribution in [3.63, 3.8) is 0 Å². The molecule has 0 unspecified atom stereocenters. The predicted molar refractivity (Wildman–Crippen MR) is 83.0 cm³/mol. The molecular formula is C18H18N2O. The fourth-order valence-corrected chi connectivity index (χ4v) is 2.38. The first kappa shape index (κ1) is 13.6. The van der Waals surface area contributed by atoms with Crippen molar-refractivity contribution in [2.24, 2.45) is 0 Å². The molecule has 0 radical (unpaired) electrons. The van der Waals surface area contributed by atoms with Gasteiger partial charge in [-0.05, 0) is 18.1 Å². The number of benzene rings is 2. The second kappa shape index (κ2) is 5.94. The van der Waals surface area contributed by atoms with Gasteiger partial charge in [0.1, 0.15) is 11.9 Å². The summed E-state index contributed by atoms with van der Waals surface area (Å²) in [4.78, 5) is 4.32. The summed E-state index contributed by atoms with van der Waals surface area (Å²) in [7, 11) is 0. The van der Waals surface area contributed by atoms with E-state index in [0.717, 1.165) is 5.56 Å². The van der Waals surface area contributed by atoms with E-state index in [4.69, 9.17) is 0 Å². The lowest BCUT2D eigenvalue weighted by Crippen LogP contribution is -2.10. The summed E-state index contributed by atoms with van der Waals surface area (Å²) >= 11 is 0. The highest BCUT2D eigenvalue weighted by Gasteiger charge is 2.15. The number of rotatable bonds is 4. The molecule has 1 N–H and O–H groups in total. The predicted octanol–water partition coefficient (Wildman–Crippen LogP) is 3.32. The molecule has 106 valence electrons. The van der Waals surface area contributed by atoms with Gasteiger partial charge in [0.15, 0.2) is 0 Å². The Morgan fingerprint density at radius 1 is 1.05 bits per heavy atom. The van der Waals surface area contributed by atoms with E-state index in [2.05, 4.69) is 36.2 Å². The molecule has 0 saturated carbocycles. The van der Waals surface area contributed by atoms with Crippen LogP contribution in [0, 0.1) is 6.92 Å². The van der Waals surface area contributed by atoms with Gasteiger partial charge in [-0.3, -0.25) is 0 Å². The highest BCUT2D eigenvalue weighted by Crippen LogP contribution is 2.21. The Bertz CT molecular complexity index is 702. The third-order valence-electron chi connectivity index (χ3n) is 3.58. The molecule has 21 heavy (non-hydrogen) atoms. The largest absolute Gasteiger partial charge is 0.380 e. The number of aryl methyl sites for hydroxylation is 1.